The lowest BCUT2D eigenvalue weighted by atomic mass is 9.93. The van der Waals surface area contributed by atoms with Gasteiger partial charge in [0.05, 0.1) is 6.10 Å². The topological polar surface area (TPSA) is 21.3 Å². The Kier molecular flexibility index (Phi) is 7.56. The molecule has 2 nitrogen and oxygen atoms in total. The van der Waals surface area contributed by atoms with Crippen LogP contribution in [0.1, 0.15) is 44.6 Å². The van der Waals surface area contributed by atoms with Gasteiger partial charge in [-0.2, -0.15) is 0 Å². The molecular weight excluding hydrogens is 282 g/mol. The standard InChI is InChI=1S/C18H28ClNO/c1-2-10-20-14-16(8-9-18-7-4-11-21-18)12-15-5-3-6-17(19)13-15/h3,5-6,13,16,18,20H,2,4,7-12,14H2,1H3. The summed E-state index contributed by atoms with van der Waals surface area (Å²) < 4.78 is 5.76. The predicted octanol–water partition coefficient (Wildman–Crippen LogP) is 4.46. The van der Waals surface area contributed by atoms with Crippen molar-refractivity contribution in [3.63, 3.8) is 0 Å². The van der Waals surface area contributed by atoms with Crippen LogP contribution in [0.3, 0.4) is 0 Å². The van der Waals surface area contributed by atoms with E-state index in [0.717, 1.165) is 31.1 Å². The molecule has 2 atom stereocenters. The van der Waals surface area contributed by atoms with Gasteiger partial charge in [-0.3, -0.25) is 0 Å². The molecule has 1 fully saturated rings. The third kappa shape index (κ3) is 6.37. The number of hydrogen-bond acceptors (Lipinski definition) is 2. The van der Waals surface area contributed by atoms with Crippen LogP contribution in [-0.2, 0) is 11.2 Å². The Morgan fingerprint density at radius 1 is 1.43 bits per heavy atom. The molecule has 1 aliphatic heterocycles. The fourth-order valence-corrected chi connectivity index (χ4v) is 3.26. The summed E-state index contributed by atoms with van der Waals surface area (Å²) in [4.78, 5) is 0. The number of ether oxygens (including phenoxy) is 1. The van der Waals surface area contributed by atoms with Crippen molar-refractivity contribution in [1.29, 1.82) is 0 Å². The Bertz CT molecular complexity index is 404. The summed E-state index contributed by atoms with van der Waals surface area (Å²) in [6.45, 7) is 5.36. The molecule has 0 aliphatic carbocycles. The van der Waals surface area contributed by atoms with Crippen LogP contribution in [0.5, 0.6) is 0 Å². The van der Waals surface area contributed by atoms with E-state index in [0.29, 0.717) is 12.0 Å². The van der Waals surface area contributed by atoms with Crippen molar-refractivity contribution in [2.24, 2.45) is 5.92 Å². The first-order valence-electron chi connectivity index (χ1n) is 8.34. The van der Waals surface area contributed by atoms with Crippen molar-refractivity contribution in [3.05, 3.63) is 34.9 Å². The Hall–Kier alpha value is -0.570. The predicted molar refractivity (Wildman–Crippen MR) is 90.0 cm³/mol. The summed E-state index contributed by atoms with van der Waals surface area (Å²) in [5.74, 6) is 0.666. The second kappa shape index (κ2) is 9.45. The molecule has 1 N–H and O–H groups in total. The van der Waals surface area contributed by atoms with Crippen LogP contribution in [0.25, 0.3) is 0 Å². The number of hydrogen-bond donors (Lipinski definition) is 1. The third-order valence-corrected chi connectivity index (χ3v) is 4.43. The van der Waals surface area contributed by atoms with Crippen LogP contribution in [0, 0.1) is 5.92 Å². The van der Waals surface area contributed by atoms with Crippen LogP contribution in [0.4, 0.5) is 0 Å². The molecule has 0 bridgehead atoms. The Balaban J connectivity index is 1.84. The molecule has 3 heteroatoms. The minimum absolute atomic E-state index is 0.498. The summed E-state index contributed by atoms with van der Waals surface area (Å²) in [5, 5.41) is 4.41. The Morgan fingerprint density at radius 3 is 3.05 bits per heavy atom. The van der Waals surface area contributed by atoms with Gasteiger partial charge in [0, 0.05) is 11.6 Å². The van der Waals surface area contributed by atoms with Crippen LogP contribution in [0.2, 0.25) is 5.02 Å². The number of halogens is 1. The fourth-order valence-electron chi connectivity index (χ4n) is 3.05. The zero-order valence-electron chi connectivity index (χ0n) is 13.1. The van der Waals surface area contributed by atoms with Crippen molar-refractivity contribution in [2.75, 3.05) is 19.7 Å². The first-order chi connectivity index (χ1) is 10.3. The van der Waals surface area contributed by atoms with Gasteiger partial charge in [-0.15, -0.1) is 0 Å². The molecule has 21 heavy (non-hydrogen) atoms. The average Bonchev–Trinajstić information content (AvgIpc) is 2.98. The molecule has 1 saturated heterocycles. The quantitative estimate of drug-likeness (QED) is 0.680. The van der Waals surface area contributed by atoms with E-state index >= 15 is 0 Å². The highest BCUT2D eigenvalue weighted by Gasteiger charge is 2.18. The lowest BCUT2D eigenvalue weighted by Gasteiger charge is -2.20. The lowest BCUT2D eigenvalue weighted by Crippen LogP contribution is -2.26. The summed E-state index contributed by atoms with van der Waals surface area (Å²) in [7, 11) is 0. The van der Waals surface area contributed by atoms with Gasteiger partial charge in [-0.1, -0.05) is 30.7 Å². The van der Waals surface area contributed by atoms with E-state index in [-0.39, 0.29) is 0 Å². The molecule has 2 unspecified atom stereocenters. The van der Waals surface area contributed by atoms with Crippen molar-refractivity contribution >= 4 is 11.6 Å². The molecule has 0 spiro atoms. The highest BCUT2D eigenvalue weighted by atomic mass is 35.5. The van der Waals surface area contributed by atoms with E-state index in [2.05, 4.69) is 24.4 Å². The van der Waals surface area contributed by atoms with Crippen LogP contribution in [-0.4, -0.2) is 25.8 Å². The summed E-state index contributed by atoms with van der Waals surface area (Å²) in [6.07, 6.45) is 7.69. The summed E-state index contributed by atoms with van der Waals surface area (Å²) >= 11 is 6.10. The molecule has 1 heterocycles. The first-order valence-corrected chi connectivity index (χ1v) is 8.72. The van der Waals surface area contributed by atoms with Gasteiger partial charge in [0.1, 0.15) is 0 Å². The average molecular weight is 310 g/mol. The normalized spacial score (nSPS) is 19.8. The van der Waals surface area contributed by atoms with E-state index in [1.807, 2.05) is 12.1 Å². The summed E-state index contributed by atoms with van der Waals surface area (Å²) in [6, 6.07) is 8.28. The Morgan fingerprint density at radius 2 is 2.33 bits per heavy atom. The van der Waals surface area contributed by atoms with Gasteiger partial charge < -0.3 is 10.1 Å². The molecule has 118 valence electrons. The lowest BCUT2D eigenvalue weighted by molar-refractivity contribution is 0.0979. The maximum Gasteiger partial charge on any atom is 0.0576 e. The highest BCUT2D eigenvalue weighted by Crippen LogP contribution is 2.22. The molecule has 0 amide bonds. The number of benzene rings is 1. The second-order valence-electron chi connectivity index (χ2n) is 6.12. The van der Waals surface area contributed by atoms with Crippen molar-refractivity contribution in [3.8, 4) is 0 Å². The monoisotopic (exact) mass is 309 g/mol. The van der Waals surface area contributed by atoms with Crippen molar-refractivity contribution < 1.29 is 4.74 Å². The zero-order valence-corrected chi connectivity index (χ0v) is 13.9. The van der Waals surface area contributed by atoms with Gasteiger partial charge in [0.15, 0.2) is 0 Å². The van der Waals surface area contributed by atoms with E-state index in [4.69, 9.17) is 16.3 Å². The van der Waals surface area contributed by atoms with Crippen LogP contribution in [0.15, 0.2) is 24.3 Å². The van der Waals surface area contributed by atoms with Crippen molar-refractivity contribution in [2.45, 2.75) is 51.6 Å². The SMILES string of the molecule is CCCNCC(CCC1CCCO1)Cc1cccc(Cl)c1. The zero-order chi connectivity index (χ0) is 14.9. The van der Waals surface area contributed by atoms with Gasteiger partial charge in [-0.05, 0) is 75.2 Å². The number of nitrogens with one attached hydrogen (secondary N) is 1. The molecule has 1 aromatic rings. The second-order valence-corrected chi connectivity index (χ2v) is 6.55. The Labute approximate surface area is 134 Å². The fraction of sp³-hybridized carbons (Fsp3) is 0.667. The maximum atomic E-state index is 6.10. The third-order valence-electron chi connectivity index (χ3n) is 4.19. The van der Waals surface area contributed by atoms with Crippen LogP contribution < -0.4 is 5.32 Å². The maximum absolute atomic E-state index is 6.10. The first kappa shape index (κ1) is 16.8. The molecular formula is C18H28ClNO. The van der Waals surface area contributed by atoms with E-state index in [9.17, 15) is 0 Å². The highest BCUT2D eigenvalue weighted by molar-refractivity contribution is 6.30. The van der Waals surface area contributed by atoms with Gasteiger partial charge in [0.25, 0.3) is 0 Å². The van der Waals surface area contributed by atoms with Crippen molar-refractivity contribution in [1.82, 2.24) is 5.32 Å². The molecule has 1 aromatic carbocycles. The minimum Gasteiger partial charge on any atom is -0.378 e. The molecule has 0 aromatic heterocycles. The minimum atomic E-state index is 0.498. The van der Waals surface area contributed by atoms with Gasteiger partial charge >= 0.3 is 0 Å². The van der Waals surface area contributed by atoms with Gasteiger partial charge in [-0.25, -0.2) is 0 Å². The van der Waals surface area contributed by atoms with E-state index in [1.165, 1.54) is 37.7 Å². The molecule has 0 saturated carbocycles. The molecule has 0 radical (unpaired) electrons. The number of rotatable bonds is 9. The summed E-state index contributed by atoms with van der Waals surface area (Å²) in [5.41, 5.74) is 1.35. The molecule has 1 aliphatic rings. The largest absolute Gasteiger partial charge is 0.378 e. The van der Waals surface area contributed by atoms with Gasteiger partial charge in [0.2, 0.25) is 0 Å². The smallest absolute Gasteiger partial charge is 0.0576 e. The molecule has 2 rings (SSSR count). The van der Waals surface area contributed by atoms with E-state index in [1.54, 1.807) is 0 Å². The van der Waals surface area contributed by atoms with E-state index < -0.39 is 0 Å². The van der Waals surface area contributed by atoms with Crippen LogP contribution >= 0.6 is 11.6 Å².